The first-order valence-electron chi connectivity index (χ1n) is 9.94. The normalized spacial score (nSPS) is 12.8. The molecule has 2 aromatic carbocycles. The van der Waals surface area contributed by atoms with Gasteiger partial charge in [0.1, 0.15) is 6.04 Å². The molecular formula is C22H24F3N3O2. The number of H-pyrrole nitrogens is 1. The zero-order valence-electron chi connectivity index (χ0n) is 16.6. The number of fused-ring (bicyclic) bond motifs is 1. The van der Waals surface area contributed by atoms with Crippen LogP contribution in [0.5, 0.6) is 0 Å². The Labute approximate surface area is 171 Å². The summed E-state index contributed by atoms with van der Waals surface area (Å²) >= 11 is 0. The summed E-state index contributed by atoms with van der Waals surface area (Å²) in [6, 6.07) is 11.8. The summed E-state index contributed by atoms with van der Waals surface area (Å²) in [5, 5.41) is 2.84. The van der Waals surface area contributed by atoms with Gasteiger partial charge in [0.25, 0.3) is 0 Å². The predicted molar refractivity (Wildman–Crippen MR) is 109 cm³/mol. The van der Waals surface area contributed by atoms with E-state index in [-0.39, 0.29) is 16.9 Å². The molecule has 0 fully saturated rings. The Hall–Kier alpha value is -3.03. The summed E-state index contributed by atoms with van der Waals surface area (Å²) in [6.07, 6.45) is -1.92. The maximum atomic E-state index is 13.0. The van der Waals surface area contributed by atoms with E-state index in [4.69, 9.17) is 0 Å². The topological polar surface area (TPSA) is 66.9 Å². The van der Waals surface area contributed by atoms with Crippen molar-refractivity contribution in [3.8, 4) is 0 Å². The standard InChI is InChI=1S/C22H24F3N3O2/c1-2-3-13-26-20(29)19(11-9-15-7-5-4-6-8-15)28-18-12-10-16(22(23,24)25)14-17(18)27-21(28)30/h4-8,10,12,14,19H,2-3,9,11,13H2,1H3,(H,26,29)(H,27,30). The second-order valence-corrected chi connectivity index (χ2v) is 7.21. The first-order chi connectivity index (χ1) is 14.3. The predicted octanol–water partition coefficient (Wildman–Crippen LogP) is 4.44. The van der Waals surface area contributed by atoms with Crippen LogP contribution < -0.4 is 11.0 Å². The monoisotopic (exact) mass is 419 g/mol. The molecule has 3 rings (SSSR count). The minimum absolute atomic E-state index is 0.0564. The highest BCUT2D eigenvalue weighted by Crippen LogP contribution is 2.31. The number of hydrogen-bond donors (Lipinski definition) is 2. The van der Waals surface area contributed by atoms with Gasteiger partial charge in [0.15, 0.2) is 0 Å². The Balaban J connectivity index is 1.97. The van der Waals surface area contributed by atoms with Crippen molar-refractivity contribution in [1.82, 2.24) is 14.9 Å². The Kier molecular flexibility index (Phi) is 6.64. The molecular weight excluding hydrogens is 395 g/mol. The summed E-state index contributed by atoms with van der Waals surface area (Å²) in [4.78, 5) is 28.0. The Morgan fingerprint density at radius 1 is 1.17 bits per heavy atom. The van der Waals surface area contributed by atoms with Gasteiger partial charge in [0.2, 0.25) is 5.91 Å². The number of aromatic nitrogens is 2. The molecule has 30 heavy (non-hydrogen) atoms. The number of imidazole rings is 1. The number of unbranched alkanes of at least 4 members (excludes halogenated alkanes) is 1. The third kappa shape index (κ3) is 4.93. The molecule has 0 spiro atoms. The van der Waals surface area contributed by atoms with Crippen LogP contribution in [0, 0.1) is 0 Å². The number of benzene rings is 2. The zero-order valence-corrected chi connectivity index (χ0v) is 16.6. The van der Waals surface area contributed by atoms with E-state index >= 15 is 0 Å². The fourth-order valence-electron chi connectivity index (χ4n) is 3.45. The van der Waals surface area contributed by atoms with Crippen LogP contribution in [0.3, 0.4) is 0 Å². The van der Waals surface area contributed by atoms with E-state index in [1.165, 1.54) is 10.6 Å². The number of aryl methyl sites for hydroxylation is 1. The van der Waals surface area contributed by atoms with E-state index in [9.17, 15) is 22.8 Å². The number of halogens is 3. The van der Waals surface area contributed by atoms with Crippen LogP contribution in [0.15, 0.2) is 53.3 Å². The molecule has 0 bridgehead atoms. The number of rotatable bonds is 8. The number of nitrogens with one attached hydrogen (secondary N) is 2. The number of carbonyl (C=O) groups excluding carboxylic acids is 1. The van der Waals surface area contributed by atoms with Crippen LogP contribution >= 0.6 is 0 Å². The summed E-state index contributed by atoms with van der Waals surface area (Å²) in [5.41, 5.74) is -0.113. The first-order valence-corrected chi connectivity index (χ1v) is 9.94. The molecule has 0 aliphatic heterocycles. The lowest BCUT2D eigenvalue weighted by Gasteiger charge is -2.19. The van der Waals surface area contributed by atoms with E-state index in [0.29, 0.717) is 19.4 Å². The second-order valence-electron chi connectivity index (χ2n) is 7.21. The van der Waals surface area contributed by atoms with E-state index in [1.807, 2.05) is 37.3 Å². The Morgan fingerprint density at radius 3 is 2.57 bits per heavy atom. The van der Waals surface area contributed by atoms with E-state index in [2.05, 4.69) is 10.3 Å². The highest BCUT2D eigenvalue weighted by Gasteiger charge is 2.32. The van der Waals surface area contributed by atoms with Crippen LogP contribution in [0.4, 0.5) is 13.2 Å². The quantitative estimate of drug-likeness (QED) is 0.530. The largest absolute Gasteiger partial charge is 0.416 e. The summed E-state index contributed by atoms with van der Waals surface area (Å²) < 4.78 is 40.3. The molecule has 1 amide bonds. The van der Waals surface area contributed by atoms with Gasteiger partial charge in [-0.2, -0.15) is 13.2 Å². The maximum absolute atomic E-state index is 13.0. The molecule has 0 aliphatic rings. The van der Waals surface area contributed by atoms with Crippen molar-refractivity contribution >= 4 is 16.9 Å². The molecule has 8 heteroatoms. The number of amides is 1. The summed E-state index contributed by atoms with van der Waals surface area (Å²) in [6.45, 7) is 2.48. The second kappa shape index (κ2) is 9.19. The summed E-state index contributed by atoms with van der Waals surface area (Å²) in [7, 11) is 0. The number of aromatic amines is 1. The smallest absolute Gasteiger partial charge is 0.354 e. The van der Waals surface area contributed by atoms with Gasteiger partial charge in [-0.1, -0.05) is 43.7 Å². The third-order valence-corrected chi connectivity index (χ3v) is 5.04. The molecule has 0 aliphatic carbocycles. The Bertz CT molecular complexity index is 1050. The molecule has 1 unspecified atom stereocenters. The SMILES string of the molecule is CCCCNC(=O)C(CCc1ccccc1)n1c(=O)[nH]c2cc(C(F)(F)F)ccc21. The molecule has 1 heterocycles. The fraction of sp³-hybridized carbons (Fsp3) is 0.364. The summed E-state index contributed by atoms with van der Waals surface area (Å²) in [5.74, 6) is -0.317. The van der Waals surface area contributed by atoms with Gasteiger partial charge < -0.3 is 10.3 Å². The van der Waals surface area contributed by atoms with Crippen molar-refractivity contribution in [2.45, 2.75) is 44.8 Å². The van der Waals surface area contributed by atoms with Gasteiger partial charge in [-0.25, -0.2) is 4.79 Å². The number of carbonyl (C=O) groups is 1. The van der Waals surface area contributed by atoms with Crippen molar-refractivity contribution in [1.29, 1.82) is 0 Å². The Morgan fingerprint density at radius 2 is 1.90 bits per heavy atom. The van der Waals surface area contributed by atoms with Crippen LogP contribution in [-0.4, -0.2) is 22.0 Å². The lowest BCUT2D eigenvalue weighted by atomic mass is 10.0. The number of hydrogen-bond acceptors (Lipinski definition) is 2. The number of nitrogens with zero attached hydrogens (tertiary/aromatic N) is 1. The van der Waals surface area contributed by atoms with Crippen LogP contribution in [0.2, 0.25) is 0 Å². The van der Waals surface area contributed by atoms with E-state index < -0.39 is 23.5 Å². The van der Waals surface area contributed by atoms with E-state index in [0.717, 1.165) is 30.5 Å². The molecule has 0 saturated heterocycles. The molecule has 0 radical (unpaired) electrons. The van der Waals surface area contributed by atoms with Crippen LogP contribution in [0.25, 0.3) is 11.0 Å². The molecule has 1 atom stereocenters. The van der Waals surface area contributed by atoms with Crippen LogP contribution in [0.1, 0.15) is 43.4 Å². The molecule has 3 aromatic rings. The highest BCUT2D eigenvalue weighted by atomic mass is 19.4. The van der Waals surface area contributed by atoms with Crippen LogP contribution in [-0.2, 0) is 17.4 Å². The van der Waals surface area contributed by atoms with Crippen molar-refractivity contribution in [2.75, 3.05) is 6.54 Å². The van der Waals surface area contributed by atoms with Gasteiger partial charge in [-0.05, 0) is 43.0 Å². The van der Waals surface area contributed by atoms with Crippen molar-refractivity contribution < 1.29 is 18.0 Å². The minimum Gasteiger partial charge on any atom is -0.354 e. The average Bonchev–Trinajstić information content (AvgIpc) is 3.04. The lowest BCUT2D eigenvalue weighted by molar-refractivity contribution is -0.137. The average molecular weight is 419 g/mol. The van der Waals surface area contributed by atoms with Crippen molar-refractivity contribution in [3.63, 3.8) is 0 Å². The van der Waals surface area contributed by atoms with Crippen molar-refractivity contribution in [2.24, 2.45) is 0 Å². The maximum Gasteiger partial charge on any atom is 0.416 e. The van der Waals surface area contributed by atoms with Gasteiger partial charge in [0.05, 0.1) is 16.6 Å². The molecule has 0 saturated carbocycles. The number of alkyl halides is 3. The highest BCUT2D eigenvalue weighted by molar-refractivity contribution is 5.84. The third-order valence-electron chi connectivity index (χ3n) is 5.04. The first kappa shape index (κ1) is 21.7. The van der Waals surface area contributed by atoms with Gasteiger partial charge in [0, 0.05) is 6.54 Å². The van der Waals surface area contributed by atoms with Gasteiger partial charge >= 0.3 is 11.9 Å². The van der Waals surface area contributed by atoms with E-state index in [1.54, 1.807) is 0 Å². The van der Waals surface area contributed by atoms with Gasteiger partial charge in [-0.3, -0.25) is 9.36 Å². The van der Waals surface area contributed by atoms with Gasteiger partial charge in [-0.15, -0.1) is 0 Å². The van der Waals surface area contributed by atoms with Crippen molar-refractivity contribution in [3.05, 3.63) is 70.1 Å². The molecule has 5 nitrogen and oxygen atoms in total. The molecule has 160 valence electrons. The molecule has 1 aromatic heterocycles. The minimum atomic E-state index is -4.52. The fourth-order valence-corrected chi connectivity index (χ4v) is 3.45. The lowest BCUT2D eigenvalue weighted by Crippen LogP contribution is -2.37. The molecule has 2 N–H and O–H groups in total. The zero-order chi connectivity index (χ0) is 21.7.